The fourth-order valence-electron chi connectivity index (χ4n) is 4.36. The number of ether oxygens (including phenoxy) is 1. The van der Waals surface area contributed by atoms with E-state index in [0.29, 0.717) is 17.5 Å². The highest BCUT2D eigenvalue weighted by Crippen LogP contribution is 2.45. The van der Waals surface area contributed by atoms with Crippen LogP contribution in [0.15, 0.2) is 66.5 Å². The molecule has 8 heteroatoms. The average Bonchev–Trinajstić information content (AvgIpc) is 3.31. The van der Waals surface area contributed by atoms with Crippen molar-refractivity contribution >= 4 is 34.7 Å². The van der Waals surface area contributed by atoms with Crippen LogP contribution in [0.1, 0.15) is 29.7 Å². The van der Waals surface area contributed by atoms with E-state index in [1.807, 2.05) is 6.92 Å². The molecule has 3 aromatic rings. The van der Waals surface area contributed by atoms with Crippen LogP contribution < -0.4 is 9.64 Å². The highest BCUT2D eigenvalue weighted by atomic mass is 35.5. The van der Waals surface area contributed by atoms with E-state index in [1.165, 1.54) is 30.6 Å². The molecule has 1 aromatic heterocycles. The Kier molecular flexibility index (Phi) is 5.06. The minimum atomic E-state index is -0.985. The first-order valence-corrected chi connectivity index (χ1v) is 10.7. The summed E-state index contributed by atoms with van der Waals surface area (Å²) in [5.41, 5.74) is 1.84. The van der Waals surface area contributed by atoms with E-state index in [0.717, 1.165) is 16.2 Å². The number of pyridine rings is 1. The van der Waals surface area contributed by atoms with Crippen LogP contribution in [0.5, 0.6) is 11.5 Å². The summed E-state index contributed by atoms with van der Waals surface area (Å²) in [6.07, 6.45) is 3.75. The Morgan fingerprint density at radius 3 is 2.64 bits per heavy atom. The Morgan fingerprint density at radius 1 is 1.12 bits per heavy atom. The number of hydrogen-bond donors (Lipinski definition) is 2. The van der Waals surface area contributed by atoms with E-state index in [4.69, 9.17) is 16.3 Å². The predicted molar refractivity (Wildman–Crippen MR) is 122 cm³/mol. The van der Waals surface area contributed by atoms with Gasteiger partial charge in [-0.25, -0.2) is 0 Å². The number of aliphatic hydroxyl groups excluding tert-OH is 1. The zero-order chi connectivity index (χ0) is 23.3. The van der Waals surface area contributed by atoms with E-state index in [1.54, 1.807) is 30.3 Å². The molecule has 33 heavy (non-hydrogen) atoms. The smallest absolute Gasteiger partial charge is 0.300 e. The molecule has 7 nitrogen and oxygen atoms in total. The van der Waals surface area contributed by atoms with Crippen LogP contribution in [0, 0.1) is 0 Å². The molecule has 2 N–H and O–H groups in total. The number of nitrogens with zero attached hydrogens (tertiary/aromatic N) is 2. The van der Waals surface area contributed by atoms with Gasteiger partial charge in [-0.05, 0) is 66.6 Å². The molecule has 0 aliphatic carbocycles. The molecule has 2 aliphatic rings. The molecule has 0 bridgehead atoms. The molecule has 1 fully saturated rings. The molecule has 2 atom stereocenters. The summed E-state index contributed by atoms with van der Waals surface area (Å²) in [5, 5.41) is 22.0. The number of phenolic OH excluding ortho intramolecular Hbond substituents is 1. The number of amides is 1. The normalized spacial score (nSPS) is 21.2. The summed E-state index contributed by atoms with van der Waals surface area (Å²) < 4.78 is 5.72. The molecule has 5 rings (SSSR count). The highest BCUT2D eigenvalue weighted by Gasteiger charge is 2.47. The van der Waals surface area contributed by atoms with Gasteiger partial charge in [0.1, 0.15) is 23.4 Å². The maximum absolute atomic E-state index is 13.2. The van der Waals surface area contributed by atoms with Gasteiger partial charge in [-0.2, -0.15) is 0 Å². The number of carbonyl (C=O) groups is 2. The van der Waals surface area contributed by atoms with Gasteiger partial charge in [-0.15, -0.1) is 0 Å². The number of anilines is 1. The number of carbonyl (C=O) groups excluding carboxylic acids is 2. The van der Waals surface area contributed by atoms with E-state index in [9.17, 15) is 19.8 Å². The second-order valence-corrected chi connectivity index (χ2v) is 8.47. The molecule has 166 valence electrons. The van der Waals surface area contributed by atoms with Crippen LogP contribution in [0.4, 0.5) is 5.69 Å². The second-order valence-electron chi connectivity index (χ2n) is 8.04. The van der Waals surface area contributed by atoms with Crippen molar-refractivity contribution in [2.45, 2.75) is 25.5 Å². The van der Waals surface area contributed by atoms with E-state index < -0.39 is 17.7 Å². The predicted octanol–water partition coefficient (Wildman–Crippen LogP) is 4.39. The van der Waals surface area contributed by atoms with Crippen molar-refractivity contribution in [2.24, 2.45) is 0 Å². The van der Waals surface area contributed by atoms with Crippen molar-refractivity contribution in [2.75, 3.05) is 4.90 Å². The number of aliphatic hydroxyl groups is 1. The summed E-state index contributed by atoms with van der Waals surface area (Å²) >= 11 is 6.12. The topological polar surface area (TPSA) is 100.0 Å². The molecule has 2 aromatic carbocycles. The number of phenols is 1. The minimum Gasteiger partial charge on any atom is -0.507 e. The molecule has 1 saturated heterocycles. The number of fused-ring (bicyclic) bond motifs is 1. The number of hydrogen-bond acceptors (Lipinski definition) is 6. The Hall–Kier alpha value is -3.84. The maximum atomic E-state index is 13.2. The van der Waals surface area contributed by atoms with Gasteiger partial charge in [-0.1, -0.05) is 11.6 Å². The number of Topliss-reactive ketones (excluding diaryl/α,β-unsaturated/α-hetero) is 1. The van der Waals surface area contributed by atoms with Gasteiger partial charge in [0.25, 0.3) is 11.7 Å². The summed E-state index contributed by atoms with van der Waals surface area (Å²) in [4.78, 5) is 31.5. The SMILES string of the molecule is CC1Cc2cc(/C(O)=C3/C(=O)C(=O)N(c4cc(Cl)ccc4O)C3c3ccncc3)ccc2O1. The first-order valence-electron chi connectivity index (χ1n) is 10.3. The van der Waals surface area contributed by atoms with Crippen LogP contribution in [0.3, 0.4) is 0 Å². The zero-order valence-corrected chi connectivity index (χ0v) is 18.3. The lowest BCUT2D eigenvalue weighted by Gasteiger charge is -2.26. The van der Waals surface area contributed by atoms with Crippen molar-refractivity contribution in [1.82, 2.24) is 4.98 Å². The Labute approximate surface area is 194 Å². The molecule has 0 radical (unpaired) electrons. The lowest BCUT2D eigenvalue weighted by molar-refractivity contribution is -0.132. The standard InChI is InChI=1S/C25H19ClN2O5/c1-13-10-16-11-15(2-5-20(16)33-13)23(30)21-22(14-6-8-27-9-7-14)28(25(32)24(21)31)18-12-17(26)3-4-19(18)29/h2-9,11-13,22,29-30H,10H2,1H3/b23-21-. The van der Waals surface area contributed by atoms with Gasteiger partial charge in [0.2, 0.25) is 0 Å². The highest BCUT2D eigenvalue weighted by molar-refractivity contribution is 6.52. The van der Waals surface area contributed by atoms with Crippen LogP contribution >= 0.6 is 11.6 Å². The van der Waals surface area contributed by atoms with Crippen molar-refractivity contribution in [3.05, 3.63) is 88.2 Å². The molecule has 3 heterocycles. The molecule has 0 saturated carbocycles. The third-order valence-corrected chi connectivity index (χ3v) is 6.07. The van der Waals surface area contributed by atoms with Gasteiger partial charge < -0.3 is 14.9 Å². The van der Waals surface area contributed by atoms with Crippen LogP contribution in [0.2, 0.25) is 5.02 Å². The van der Waals surface area contributed by atoms with Crippen molar-refractivity contribution < 1.29 is 24.5 Å². The molecular formula is C25H19ClN2O5. The number of halogens is 1. The number of ketones is 1. The fourth-order valence-corrected chi connectivity index (χ4v) is 4.52. The quantitative estimate of drug-likeness (QED) is 0.340. The number of benzene rings is 2. The summed E-state index contributed by atoms with van der Waals surface area (Å²) in [7, 11) is 0. The van der Waals surface area contributed by atoms with Crippen LogP contribution in [-0.2, 0) is 16.0 Å². The van der Waals surface area contributed by atoms with Crippen molar-refractivity contribution in [1.29, 1.82) is 0 Å². The fraction of sp³-hybridized carbons (Fsp3) is 0.160. The van der Waals surface area contributed by atoms with Gasteiger partial charge in [0, 0.05) is 29.4 Å². The Morgan fingerprint density at radius 2 is 1.88 bits per heavy atom. The largest absolute Gasteiger partial charge is 0.507 e. The maximum Gasteiger partial charge on any atom is 0.300 e. The zero-order valence-electron chi connectivity index (χ0n) is 17.5. The molecule has 1 amide bonds. The lowest BCUT2D eigenvalue weighted by atomic mass is 9.95. The van der Waals surface area contributed by atoms with Crippen LogP contribution in [0.25, 0.3) is 5.76 Å². The summed E-state index contributed by atoms with van der Waals surface area (Å²) in [6, 6.07) is 11.7. The Bertz CT molecular complexity index is 1320. The number of rotatable bonds is 3. The van der Waals surface area contributed by atoms with Gasteiger partial charge in [0.15, 0.2) is 0 Å². The molecule has 0 spiro atoms. The van der Waals surface area contributed by atoms with Gasteiger partial charge >= 0.3 is 0 Å². The van der Waals surface area contributed by atoms with Crippen LogP contribution in [-0.4, -0.2) is 33.0 Å². The first kappa shape index (κ1) is 21.0. The third kappa shape index (κ3) is 3.50. The second kappa shape index (κ2) is 7.94. The molecule has 2 aliphatic heterocycles. The number of aromatic nitrogens is 1. The summed E-state index contributed by atoms with van der Waals surface area (Å²) in [5.74, 6) is -1.53. The van der Waals surface area contributed by atoms with Gasteiger partial charge in [-0.3, -0.25) is 19.5 Å². The summed E-state index contributed by atoms with van der Waals surface area (Å²) in [6.45, 7) is 1.95. The number of aromatic hydroxyl groups is 1. The van der Waals surface area contributed by atoms with E-state index >= 15 is 0 Å². The molecular weight excluding hydrogens is 444 g/mol. The van der Waals surface area contributed by atoms with Crippen molar-refractivity contribution in [3.8, 4) is 11.5 Å². The average molecular weight is 463 g/mol. The van der Waals surface area contributed by atoms with E-state index in [2.05, 4.69) is 4.98 Å². The minimum absolute atomic E-state index is 0.0191. The third-order valence-electron chi connectivity index (χ3n) is 5.83. The monoisotopic (exact) mass is 462 g/mol. The first-order chi connectivity index (χ1) is 15.8. The van der Waals surface area contributed by atoms with Gasteiger partial charge in [0.05, 0.1) is 17.3 Å². The lowest BCUT2D eigenvalue weighted by Crippen LogP contribution is -2.29. The van der Waals surface area contributed by atoms with E-state index in [-0.39, 0.29) is 33.9 Å². The molecule has 2 unspecified atom stereocenters. The van der Waals surface area contributed by atoms with Crippen molar-refractivity contribution in [3.63, 3.8) is 0 Å². The Balaban J connectivity index is 1.71.